The molecule has 0 spiro atoms. The molecular weight excluding hydrogens is 276 g/mol. The molecule has 1 heterocycles. The van der Waals surface area contributed by atoms with Crippen LogP contribution in [-0.4, -0.2) is 9.91 Å². The van der Waals surface area contributed by atoms with Crippen LogP contribution in [0, 0.1) is 10.1 Å². The van der Waals surface area contributed by atoms with Gasteiger partial charge in [0, 0.05) is 28.7 Å². The molecule has 110 valence electrons. The fourth-order valence-corrected chi connectivity index (χ4v) is 2.56. The van der Waals surface area contributed by atoms with Crippen molar-refractivity contribution in [3.8, 4) is 0 Å². The number of aromatic amines is 1. The zero-order valence-electron chi connectivity index (χ0n) is 12.0. The van der Waals surface area contributed by atoms with Gasteiger partial charge in [0.1, 0.15) is 0 Å². The van der Waals surface area contributed by atoms with Gasteiger partial charge in [-0.05, 0) is 36.1 Å². The maximum absolute atomic E-state index is 10.5. The van der Waals surface area contributed by atoms with Crippen LogP contribution < -0.4 is 0 Å². The van der Waals surface area contributed by atoms with Crippen molar-refractivity contribution in [2.24, 2.45) is 0 Å². The lowest BCUT2D eigenvalue weighted by Gasteiger charge is -2.03. The van der Waals surface area contributed by atoms with E-state index >= 15 is 0 Å². The van der Waals surface area contributed by atoms with E-state index in [0.717, 1.165) is 35.5 Å². The van der Waals surface area contributed by atoms with Crippen LogP contribution in [0.4, 0.5) is 0 Å². The average molecular weight is 292 g/mol. The van der Waals surface area contributed by atoms with Crippen LogP contribution in [0.5, 0.6) is 0 Å². The van der Waals surface area contributed by atoms with Gasteiger partial charge in [0.15, 0.2) is 0 Å². The number of aryl methyl sites for hydroxylation is 2. The highest BCUT2D eigenvalue weighted by Gasteiger charge is 2.04. The highest BCUT2D eigenvalue weighted by atomic mass is 16.6. The largest absolute Gasteiger partial charge is 0.361 e. The third-order valence-electron chi connectivity index (χ3n) is 3.70. The summed E-state index contributed by atoms with van der Waals surface area (Å²) in [5.41, 5.74) is 4.37. The minimum Gasteiger partial charge on any atom is -0.361 e. The maximum atomic E-state index is 10.5. The van der Waals surface area contributed by atoms with Crippen LogP contribution in [0.2, 0.25) is 0 Å². The summed E-state index contributed by atoms with van der Waals surface area (Å²) in [6, 6.07) is 16.6. The second-order valence-electron chi connectivity index (χ2n) is 5.21. The summed E-state index contributed by atoms with van der Waals surface area (Å²) in [6.07, 6.45) is 6.23. The van der Waals surface area contributed by atoms with E-state index in [2.05, 4.69) is 29.2 Å². The zero-order chi connectivity index (χ0) is 15.4. The fourth-order valence-electron chi connectivity index (χ4n) is 2.56. The average Bonchev–Trinajstić information content (AvgIpc) is 2.94. The molecule has 1 aromatic heterocycles. The number of nitro groups is 1. The first-order chi connectivity index (χ1) is 10.7. The minimum atomic E-state index is -0.446. The molecule has 1 N–H and O–H groups in total. The fraction of sp³-hybridized carbons (Fsp3) is 0.111. The molecule has 0 aliphatic heterocycles. The van der Waals surface area contributed by atoms with Crippen molar-refractivity contribution in [3.05, 3.63) is 87.7 Å². The molecule has 0 aliphatic rings. The maximum Gasteiger partial charge on any atom is 0.235 e. The van der Waals surface area contributed by atoms with Crippen molar-refractivity contribution in [1.82, 2.24) is 4.98 Å². The van der Waals surface area contributed by atoms with E-state index in [0.29, 0.717) is 0 Å². The Morgan fingerprint density at radius 1 is 1.05 bits per heavy atom. The highest BCUT2D eigenvalue weighted by molar-refractivity contribution is 5.89. The molecule has 0 radical (unpaired) electrons. The Kier molecular flexibility index (Phi) is 4.01. The monoisotopic (exact) mass is 292 g/mol. The van der Waals surface area contributed by atoms with Crippen molar-refractivity contribution >= 4 is 17.0 Å². The van der Waals surface area contributed by atoms with Gasteiger partial charge in [0.05, 0.1) is 4.92 Å². The lowest BCUT2D eigenvalue weighted by Crippen LogP contribution is -1.91. The molecule has 4 nitrogen and oxygen atoms in total. The molecule has 22 heavy (non-hydrogen) atoms. The first-order valence-electron chi connectivity index (χ1n) is 7.18. The number of nitrogens with zero attached hydrogens (tertiary/aromatic N) is 1. The van der Waals surface area contributed by atoms with E-state index in [-0.39, 0.29) is 0 Å². The number of nitrogens with one attached hydrogen (secondary N) is 1. The lowest BCUT2D eigenvalue weighted by atomic mass is 10.0. The summed E-state index contributed by atoms with van der Waals surface area (Å²) < 4.78 is 0. The van der Waals surface area contributed by atoms with E-state index in [1.165, 1.54) is 17.2 Å². The molecule has 4 heteroatoms. The molecule has 0 amide bonds. The summed E-state index contributed by atoms with van der Waals surface area (Å²) >= 11 is 0. The number of fused-ring (bicyclic) bond motifs is 1. The summed E-state index contributed by atoms with van der Waals surface area (Å²) in [4.78, 5) is 13.2. The molecule has 0 fully saturated rings. The van der Waals surface area contributed by atoms with Crippen molar-refractivity contribution in [1.29, 1.82) is 0 Å². The Morgan fingerprint density at radius 3 is 2.59 bits per heavy atom. The third-order valence-corrected chi connectivity index (χ3v) is 3.70. The molecule has 0 saturated heterocycles. The van der Waals surface area contributed by atoms with Crippen LogP contribution in [0.3, 0.4) is 0 Å². The molecule has 0 unspecified atom stereocenters. The minimum absolute atomic E-state index is 0.446. The van der Waals surface area contributed by atoms with Gasteiger partial charge in [-0.3, -0.25) is 10.1 Å². The number of hydrogen-bond donors (Lipinski definition) is 1. The highest BCUT2D eigenvalue weighted by Crippen LogP contribution is 2.22. The number of benzene rings is 2. The molecular formula is C18H16N2O2. The first kappa shape index (κ1) is 14.1. The topological polar surface area (TPSA) is 58.9 Å². The molecule has 0 aliphatic carbocycles. The first-order valence-corrected chi connectivity index (χ1v) is 7.18. The standard InChI is InChI=1S/C18H16N2O2/c21-20(22)11-10-16-13-19-18-9-8-15(12-17(16)18)7-6-14-4-2-1-3-5-14/h1-5,8-13,19H,6-7H2. The van der Waals surface area contributed by atoms with Crippen LogP contribution in [-0.2, 0) is 12.8 Å². The smallest absolute Gasteiger partial charge is 0.235 e. The number of hydrogen-bond acceptors (Lipinski definition) is 2. The lowest BCUT2D eigenvalue weighted by molar-refractivity contribution is -0.400. The molecule has 0 saturated carbocycles. The van der Waals surface area contributed by atoms with Crippen LogP contribution in [0.15, 0.2) is 60.9 Å². The summed E-state index contributed by atoms with van der Waals surface area (Å²) in [6.45, 7) is 0. The van der Waals surface area contributed by atoms with Crippen LogP contribution >= 0.6 is 0 Å². The van der Waals surface area contributed by atoms with Gasteiger partial charge in [0.25, 0.3) is 0 Å². The second kappa shape index (κ2) is 6.26. The third kappa shape index (κ3) is 3.23. The predicted molar refractivity (Wildman–Crippen MR) is 88.2 cm³/mol. The van der Waals surface area contributed by atoms with Crippen molar-refractivity contribution < 1.29 is 4.92 Å². The van der Waals surface area contributed by atoms with Crippen LogP contribution in [0.1, 0.15) is 16.7 Å². The molecule has 2 aromatic carbocycles. The normalized spacial score (nSPS) is 11.3. The van der Waals surface area contributed by atoms with Gasteiger partial charge in [-0.25, -0.2) is 0 Å². The van der Waals surface area contributed by atoms with Gasteiger partial charge >= 0.3 is 0 Å². The molecule has 0 bridgehead atoms. The Bertz CT molecular complexity index is 819. The summed E-state index contributed by atoms with van der Waals surface area (Å²) in [5.74, 6) is 0. The van der Waals surface area contributed by atoms with Crippen LogP contribution in [0.25, 0.3) is 17.0 Å². The van der Waals surface area contributed by atoms with Crippen molar-refractivity contribution in [2.45, 2.75) is 12.8 Å². The summed E-state index contributed by atoms with van der Waals surface area (Å²) in [5, 5.41) is 11.5. The number of aromatic nitrogens is 1. The Hall–Kier alpha value is -2.88. The summed E-state index contributed by atoms with van der Waals surface area (Å²) in [7, 11) is 0. The van der Waals surface area contributed by atoms with Gasteiger partial charge in [-0.15, -0.1) is 0 Å². The Labute approximate surface area is 128 Å². The molecule has 0 atom stereocenters. The number of rotatable bonds is 5. The molecule has 3 aromatic rings. The number of H-pyrrole nitrogens is 1. The van der Waals surface area contributed by atoms with E-state index < -0.39 is 4.92 Å². The van der Waals surface area contributed by atoms with Gasteiger partial charge in [-0.1, -0.05) is 36.4 Å². The van der Waals surface area contributed by atoms with E-state index in [9.17, 15) is 10.1 Å². The van der Waals surface area contributed by atoms with E-state index in [1.54, 1.807) is 6.20 Å². The quantitative estimate of drug-likeness (QED) is 0.566. The van der Waals surface area contributed by atoms with E-state index in [1.807, 2.05) is 24.3 Å². The van der Waals surface area contributed by atoms with Crippen molar-refractivity contribution in [2.75, 3.05) is 0 Å². The molecule has 3 rings (SSSR count). The second-order valence-corrected chi connectivity index (χ2v) is 5.21. The zero-order valence-corrected chi connectivity index (χ0v) is 12.0. The van der Waals surface area contributed by atoms with E-state index in [4.69, 9.17) is 0 Å². The van der Waals surface area contributed by atoms with Gasteiger partial charge in [-0.2, -0.15) is 0 Å². The van der Waals surface area contributed by atoms with Gasteiger partial charge < -0.3 is 4.98 Å². The SMILES string of the molecule is O=[N+]([O-])C=Cc1c[nH]c2ccc(CCc3ccccc3)cc12. The Morgan fingerprint density at radius 2 is 1.82 bits per heavy atom. The predicted octanol–water partition coefficient (Wildman–Crippen LogP) is 4.20. The van der Waals surface area contributed by atoms with Gasteiger partial charge in [0.2, 0.25) is 6.20 Å². The Balaban J connectivity index is 1.82. The van der Waals surface area contributed by atoms with Crippen molar-refractivity contribution in [3.63, 3.8) is 0 Å².